The summed E-state index contributed by atoms with van der Waals surface area (Å²) in [6.07, 6.45) is 3.76. The van der Waals surface area contributed by atoms with E-state index < -0.39 is 5.69 Å². The largest absolute Gasteiger partial charge is 0.382 e. The number of rotatable bonds is 3. The number of nitrogens with one attached hydrogen (secondary N) is 3. The minimum absolute atomic E-state index is 0.0435. The van der Waals surface area contributed by atoms with Gasteiger partial charge in [-0.05, 0) is 56.4 Å². The molecule has 2 aliphatic rings. The standard InChI is InChI=1S/C21H27N5O3/c1-13-5-6-14-10-15(7-8-17(14)22-13)20(28)23-16-4-3-9-26(12-16)18-11-19(27)25(2)21(29)24-18/h7-8,10-11,13,16,22H,3-6,9,12H2,1-2H3,(H,23,28)(H,24,29). The van der Waals surface area contributed by atoms with Crippen LogP contribution < -0.4 is 26.8 Å². The van der Waals surface area contributed by atoms with Crippen LogP contribution in [-0.2, 0) is 13.5 Å². The number of H-pyrrole nitrogens is 1. The van der Waals surface area contributed by atoms with Gasteiger partial charge in [-0.1, -0.05) is 0 Å². The number of aromatic nitrogens is 2. The Morgan fingerprint density at radius 1 is 1.21 bits per heavy atom. The van der Waals surface area contributed by atoms with Gasteiger partial charge < -0.3 is 15.5 Å². The van der Waals surface area contributed by atoms with Crippen molar-refractivity contribution in [3.63, 3.8) is 0 Å². The summed E-state index contributed by atoms with van der Waals surface area (Å²) in [5.74, 6) is 0.418. The molecule has 4 rings (SSSR count). The van der Waals surface area contributed by atoms with Crippen LogP contribution >= 0.6 is 0 Å². The quantitative estimate of drug-likeness (QED) is 0.723. The molecular formula is C21H27N5O3. The van der Waals surface area contributed by atoms with E-state index in [1.807, 2.05) is 23.1 Å². The van der Waals surface area contributed by atoms with Gasteiger partial charge in [-0.15, -0.1) is 0 Å². The number of benzene rings is 1. The number of anilines is 2. The number of hydrogen-bond acceptors (Lipinski definition) is 5. The van der Waals surface area contributed by atoms with Gasteiger partial charge in [0.15, 0.2) is 0 Å². The molecule has 8 heteroatoms. The molecule has 0 bridgehead atoms. The fraction of sp³-hybridized carbons (Fsp3) is 0.476. The van der Waals surface area contributed by atoms with E-state index in [4.69, 9.17) is 0 Å². The number of fused-ring (bicyclic) bond motifs is 1. The number of nitrogens with zero attached hydrogens (tertiary/aromatic N) is 2. The van der Waals surface area contributed by atoms with Gasteiger partial charge in [0, 0.05) is 49.5 Å². The Hall–Kier alpha value is -3.03. The lowest BCUT2D eigenvalue weighted by Crippen LogP contribution is -2.49. The zero-order valence-electron chi connectivity index (χ0n) is 16.8. The summed E-state index contributed by atoms with van der Waals surface area (Å²) in [6, 6.07) is 7.66. The van der Waals surface area contributed by atoms with E-state index in [9.17, 15) is 14.4 Å². The van der Waals surface area contributed by atoms with Crippen molar-refractivity contribution in [1.29, 1.82) is 0 Å². The van der Waals surface area contributed by atoms with Crippen molar-refractivity contribution in [2.24, 2.45) is 7.05 Å². The molecule has 1 amide bonds. The van der Waals surface area contributed by atoms with Crippen molar-refractivity contribution in [2.75, 3.05) is 23.3 Å². The highest BCUT2D eigenvalue weighted by atomic mass is 16.2. The molecule has 1 aromatic carbocycles. The van der Waals surface area contributed by atoms with Gasteiger partial charge in [0.2, 0.25) is 0 Å². The average molecular weight is 397 g/mol. The monoisotopic (exact) mass is 397 g/mol. The lowest BCUT2D eigenvalue weighted by Gasteiger charge is -2.34. The zero-order valence-corrected chi connectivity index (χ0v) is 16.8. The fourth-order valence-electron chi connectivity index (χ4n) is 4.09. The first-order valence-electron chi connectivity index (χ1n) is 10.2. The number of carbonyl (C=O) groups is 1. The van der Waals surface area contributed by atoms with Gasteiger partial charge in [-0.2, -0.15) is 0 Å². The Labute approximate surface area is 168 Å². The average Bonchev–Trinajstić information content (AvgIpc) is 2.71. The molecule has 154 valence electrons. The first-order valence-corrected chi connectivity index (χ1v) is 10.2. The second-order valence-corrected chi connectivity index (χ2v) is 8.07. The van der Waals surface area contributed by atoms with Crippen LogP contribution in [0.3, 0.4) is 0 Å². The van der Waals surface area contributed by atoms with Gasteiger partial charge in [0.05, 0.1) is 0 Å². The Morgan fingerprint density at radius 3 is 2.83 bits per heavy atom. The van der Waals surface area contributed by atoms with E-state index in [0.29, 0.717) is 24.0 Å². The Kier molecular flexibility index (Phi) is 5.17. The molecule has 1 aromatic heterocycles. The maximum absolute atomic E-state index is 12.8. The lowest BCUT2D eigenvalue weighted by molar-refractivity contribution is 0.0933. The predicted octanol–water partition coefficient (Wildman–Crippen LogP) is 1.22. The number of aromatic amines is 1. The molecule has 2 aliphatic heterocycles. The van der Waals surface area contributed by atoms with Gasteiger partial charge in [0.25, 0.3) is 11.5 Å². The maximum Gasteiger partial charge on any atom is 0.329 e. The highest BCUT2D eigenvalue weighted by molar-refractivity contribution is 5.95. The highest BCUT2D eigenvalue weighted by Crippen LogP contribution is 2.26. The van der Waals surface area contributed by atoms with Crippen LogP contribution in [0, 0.1) is 0 Å². The summed E-state index contributed by atoms with van der Waals surface area (Å²) in [7, 11) is 1.44. The SMILES string of the molecule is CC1CCc2cc(C(=O)NC3CCCN(c4cc(=O)n(C)c(=O)[nH]4)C3)ccc2N1. The number of aryl methyl sites for hydroxylation is 1. The lowest BCUT2D eigenvalue weighted by atomic mass is 9.96. The van der Waals surface area contributed by atoms with Crippen LogP contribution in [0.5, 0.6) is 0 Å². The molecule has 8 nitrogen and oxygen atoms in total. The molecule has 1 saturated heterocycles. The van der Waals surface area contributed by atoms with Crippen molar-refractivity contribution in [2.45, 2.75) is 44.7 Å². The fourth-order valence-corrected chi connectivity index (χ4v) is 4.09. The smallest absolute Gasteiger partial charge is 0.329 e. The van der Waals surface area contributed by atoms with Gasteiger partial charge >= 0.3 is 5.69 Å². The minimum Gasteiger partial charge on any atom is -0.382 e. The van der Waals surface area contributed by atoms with Gasteiger partial charge in [0.1, 0.15) is 5.82 Å². The summed E-state index contributed by atoms with van der Waals surface area (Å²) >= 11 is 0. The van der Waals surface area contributed by atoms with Crippen molar-refractivity contribution in [3.8, 4) is 0 Å². The molecule has 1 fully saturated rings. The second kappa shape index (κ2) is 7.77. The predicted molar refractivity (Wildman–Crippen MR) is 113 cm³/mol. The van der Waals surface area contributed by atoms with E-state index >= 15 is 0 Å². The molecule has 29 heavy (non-hydrogen) atoms. The van der Waals surface area contributed by atoms with E-state index in [1.165, 1.54) is 18.7 Å². The molecule has 3 N–H and O–H groups in total. The summed E-state index contributed by atoms with van der Waals surface area (Å²) in [5, 5.41) is 6.56. The van der Waals surface area contributed by atoms with Crippen molar-refractivity contribution in [3.05, 3.63) is 56.2 Å². The highest BCUT2D eigenvalue weighted by Gasteiger charge is 2.24. The maximum atomic E-state index is 12.8. The Morgan fingerprint density at radius 2 is 2.03 bits per heavy atom. The topological polar surface area (TPSA) is 99.2 Å². The third-order valence-corrected chi connectivity index (χ3v) is 5.84. The van der Waals surface area contributed by atoms with Crippen LogP contribution in [0.4, 0.5) is 11.5 Å². The molecule has 0 saturated carbocycles. The number of hydrogen-bond donors (Lipinski definition) is 3. The van der Waals surface area contributed by atoms with E-state index in [1.54, 1.807) is 0 Å². The van der Waals surface area contributed by atoms with Crippen LogP contribution in [-0.4, -0.2) is 40.6 Å². The molecular weight excluding hydrogens is 370 g/mol. The number of amides is 1. The molecule has 0 spiro atoms. The summed E-state index contributed by atoms with van der Waals surface area (Å²) in [6.45, 7) is 3.45. The number of piperidine rings is 1. The van der Waals surface area contributed by atoms with Gasteiger partial charge in [-0.3, -0.25) is 19.1 Å². The van der Waals surface area contributed by atoms with E-state index in [-0.39, 0.29) is 17.5 Å². The number of carbonyl (C=O) groups excluding carboxylic acids is 1. The summed E-state index contributed by atoms with van der Waals surface area (Å²) < 4.78 is 1.04. The summed E-state index contributed by atoms with van der Waals surface area (Å²) in [5.41, 5.74) is 2.18. The second-order valence-electron chi connectivity index (χ2n) is 8.07. The van der Waals surface area contributed by atoms with E-state index in [0.717, 1.165) is 42.5 Å². The van der Waals surface area contributed by atoms with Crippen LogP contribution in [0.1, 0.15) is 42.1 Å². The first kappa shape index (κ1) is 19.3. The normalized spacial score (nSPS) is 21.2. The molecule has 0 aliphatic carbocycles. The van der Waals surface area contributed by atoms with Crippen LogP contribution in [0.25, 0.3) is 0 Å². The first-order chi connectivity index (χ1) is 13.9. The third kappa shape index (κ3) is 4.06. The molecule has 2 aromatic rings. The summed E-state index contributed by atoms with van der Waals surface area (Å²) in [4.78, 5) is 41.3. The molecule has 2 unspecified atom stereocenters. The van der Waals surface area contributed by atoms with Gasteiger partial charge in [-0.25, -0.2) is 4.79 Å². The van der Waals surface area contributed by atoms with Crippen molar-refractivity contribution >= 4 is 17.4 Å². The Bertz CT molecular complexity index is 1010. The van der Waals surface area contributed by atoms with E-state index in [2.05, 4.69) is 22.5 Å². The van der Waals surface area contributed by atoms with Crippen LogP contribution in [0.2, 0.25) is 0 Å². The zero-order chi connectivity index (χ0) is 20.5. The minimum atomic E-state index is -0.435. The van der Waals surface area contributed by atoms with Crippen LogP contribution in [0.15, 0.2) is 33.9 Å². The third-order valence-electron chi connectivity index (χ3n) is 5.84. The molecule has 3 heterocycles. The Balaban J connectivity index is 1.45. The van der Waals surface area contributed by atoms with Crippen molar-refractivity contribution in [1.82, 2.24) is 14.9 Å². The van der Waals surface area contributed by atoms with Crippen molar-refractivity contribution < 1.29 is 4.79 Å². The molecule has 0 radical (unpaired) electrons. The molecule has 2 atom stereocenters.